The molecule has 548 valence electrons. The second kappa shape index (κ2) is 31.2. The van der Waals surface area contributed by atoms with Gasteiger partial charge in [-0.05, 0) is 191 Å². The van der Waals surface area contributed by atoms with Crippen LogP contribution in [0, 0.1) is 0 Å². The molecule has 6 heteroatoms. The number of unbranched alkanes of at least 4 members (excludes halogenated alkanes) is 24. The summed E-state index contributed by atoms with van der Waals surface area (Å²) in [5, 5.41) is 27.1. The van der Waals surface area contributed by atoms with Gasteiger partial charge in [-0.25, -0.2) is 0 Å². The van der Waals surface area contributed by atoms with Crippen LogP contribution >= 0.6 is 0 Å². The van der Waals surface area contributed by atoms with Gasteiger partial charge in [-0.3, -0.25) is 29.0 Å². The smallest absolute Gasteiger partial charge is 0.261 e. The Morgan fingerprint density at radius 3 is 0.583 bits per heavy atom. The summed E-state index contributed by atoms with van der Waals surface area (Å²) in [6, 6.07) is 62.5. The van der Waals surface area contributed by atoms with E-state index in [1.807, 2.05) is 24.3 Å². The Hall–Kier alpha value is -9.52. The van der Waals surface area contributed by atoms with Gasteiger partial charge in [0.25, 0.3) is 23.6 Å². The molecule has 0 spiro atoms. The van der Waals surface area contributed by atoms with E-state index >= 15 is 19.2 Å². The van der Waals surface area contributed by atoms with Crippen LogP contribution in [0.2, 0.25) is 0 Å². The van der Waals surface area contributed by atoms with Gasteiger partial charge >= 0.3 is 0 Å². The summed E-state index contributed by atoms with van der Waals surface area (Å²) in [4.78, 5) is 64.0. The number of benzene rings is 15. The maximum Gasteiger partial charge on any atom is 0.261 e. The standard InChI is InChI=1S/C102H106N2O4/c1-5-9-13-17-21-25-29-37-65(38-30-26-22-18-14-10-6-2)103-99(105)87-61-57-83-77-47-35-43-73-69(51-55-81(93(73)77)85-59-63-89(101(103)107)97(87)95(83)85)67-49-53-79-80-54-50-68(72-42-34-46-76(92(72)80)75-45-33-41-71(67)91(75)79)70-52-56-82-86-60-64-90-98-88(62-58-84(96(86)98)78-48-36-44-74(70)94(78)82)100(106)104(102(90)108)66(39-31-27-23-19-15-11-7-3)40-32-28-24-20-16-12-8-4/h33-36,41-66H,5-32,37-40H2,1-4H3. The van der Waals surface area contributed by atoms with E-state index < -0.39 is 0 Å². The number of hydrogen-bond acceptors (Lipinski definition) is 4. The first kappa shape index (κ1) is 71.4. The van der Waals surface area contributed by atoms with Gasteiger partial charge < -0.3 is 0 Å². The van der Waals surface area contributed by atoms with Crippen LogP contribution in [-0.2, 0) is 0 Å². The van der Waals surface area contributed by atoms with Crippen molar-refractivity contribution in [3.8, 4) is 22.3 Å². The molecule has 108 heavy (non-hydrogen) atoms. The molecule has 0 atom stereocenters. The summed E-state index contributed by atoms with van der Waals surface area (Å²) in [6.07, 6.45) is 37.2. The number of hydrogen-bond donors (Lipinski definition) is 0. The molecule has 0 saturated carbocycles. The van der Waals surface area contributed by atoms with Gasteiger partial charge in [0.05, 0.1) is 0 Å². The highest BCUT2D eigenvalue weighted by atomic mass is 16.2. The number of rotatable bonds is 36. The number of amides is 4. The van der Waals surface area contributed by atoms with Gasteiger partial charge in [-0.1, -0.05) is 353 Å². The Morgan fingerprint density at radius 1 is 0.185 bits per heavy atom. The fraction of sp³-hybridized carbons (Fsp3) is 0.373. The van der Waals surface area contributed by atoms with Crippen LogP contribution in [0.3, 0.4) is 0 Å². The summed E-state index contributed by atoms with van der Waals surface area (Å²) >= 11 is 0. The Bertz CT molecular complexity index is 5360. The molecule has 2 aliphatic heterocycles. The van der Waals surface area contributed by atoms with Gasteiger partial charge in [0.1, 0.15) is 0 Å². The molecule has 15 aromatic carbocycles. The second-order valence-electron chi connectivity index (χ2n) is 32.6. The van der Waals surface area contributed by atoms with Gasteiger partial charge in [0.15, 0.2) is 0 Å². The number of carbonyl (C=O) groups is 4. The zero-order valence-corrected chi connectivity index (χ0v) is 64.5. The summed E-state index contributed by atoms with van der Waals surface area (Å²) in [5.74, 6) is -0.523. The quantitative estimate of drug-likeness (QED) is 0.0170. The van der Waals surface area contributed by atoms with Gasteiger partial charge in [0.2, 0.25) is 0 Å². The van der Waals surface area contributed by atoms with E-state index in [4.69, 9.17) is 0 Å². The minimum absolute atomic E-state index is 0.110. The topological polar surface area (TPSA) is 74.8 Å². The zero-order valence-electron chi connectivity index (χ0n) is 64.5. The minimum Gasteiger partial charge on any atom is -0.271 e. The Kier molecular flexibility index (Phi) is 20.6. The number of carbonyl (C=O) groups excluding carboxylic acids is 4. The maximum absolute atomic E-state index is 15.2. The van der Waals surface area contributed by atoms with Crippen molar-refractivity contribution in [1.29, 1.82) is 0 Å². The number of nitrogens with zero attached hydrogens (tertiary/aromatic N) is 2. The maximum atomic E-state index is 15.2. The molecule has 2 aliphatic rings. The molecule has 0 bridgehead atoms. The highest BCUT2D eigenvalue weighted by Crippen LogP contribution is 2.52. The van der Waals surface area contributed by atoms with Gasteiger partial charge in [-0.15, -0.1) is 0 Å². The van der Waals surface area contributed by atoms with Crippen molar-refractivity contribution in [1.82, 2.24) is 9.80 Å². The Labute approximate surface area is 637 Å². The van der Waals surface area contributed by atoms with Crippen molar-refractivity contribution in [2.75, 3.05) is 0 Å². The lowest BCUT2D eigenvalue weighted by Crippen LogP contribution is -2.47. The van der Waals surface area contributed by atoms with Crippen LogP contribution in [0.1, 0.15) is 275 Å². The monoisotopic (exact) mass is 1420 g/mol. The van der Waals surface area contributed by atoms with E-state index in [0.717, 1.165) is 142 Å². The predicted molar refractivity (Wildman–Crippen MR) is 460 cm³/mol. The van der Waals surface area contributed by atoms with Crippen molar-refractivity contribution in [2.24, 2.45) is 0 Å². The molecule has 2 heterocycles. The first-order valence-corrected chi connectivity index (χ1v) is 42.5. The van der Waals surface area contributed by atoms with Crippen LogP contribution in [0.4, 0.5) is 0 Å². The average molecular weight is 1420 g/mol. The fourth-order valence-electron chi connectivity index (χ4n) is 20.5. The molecule has 6 nitrogen and oxygen atoms in total. The lowest BCUT2D eigenvalue weighted by Gasteiger charge is -2.35. The van der Waals surface area contributed by atoms with Crippen molar-refractivity contribution in [3.05, 3.63) is 192 Å². The normalized spacial score (nSPS) is 13.6. The number of fused-ring (bicyclic) bond motifs is 6. The molecule has 0 unspecified atom stereocenters. The van der Waals surface area contributed by atoms with E-state index in [1.54, 1.807) is 9.80 Å². The molecule has 4 amide bonds. The fourth-order valence-corrected chi connectivity index (χ4v) is 20.5. The first-order valence-electron chi connectivity index (χ1n) is 42.5. The highest BCUT2D eigenvalue weighted by molar-refractivity contribution is 6.42. The number of imide groups is 2. The summed E-state index contributed by atoms with van der Waals surface area (Å²) < 4.78 is 0. The van der Waals surface area contributed by atoms with Crippen molar-refractivity contribution < 1.29 is 19.2 Å². The van der Waals surface area contributed by atoms with Crippen LogP contribution < -0.4 is 0 Å². The molecule has 0 saturated heterocycles. The molecule has 0 aromatic heterocycles. The summed E-state index contributed by atoms with van der Waals surface area (Å²) in [6.45, 7) is 9.06. The SMILES string of the molecule is CCCCCCCCCC(CCCCCCCCC)N1C(=O)c2ccc3c4cccc5c(-c6ccc7c8ccc(-c9ccc%10c%11ccc%12c%13c(ccc(c%14cccc9c%14%10)c%13%11)C(=O)N(C(CCCCCCCCC)CCCCCCCCC)C%12=O)c9cccc(c%10cccc6c%107)c98)ccc(c6ccc(c2c36)C1=O)c54. The van der Waals surface area contributed by atoms with Crippen LogP contribution in [-0.4, -0.2) is 45.5 Å². The van der Waals surface area contributed by atoms with E-state index in [-0.39, 0.29) is 35.7 Å². The third-order valence-corrected chi connectivity index (χ3v) is 25.9. The van der Waals surface area contributed by atoms with E-state index in [0.29, 0.717) is 22.3 Å². The van der Waals surface area contributed by atoms with E-state index in [1.165, 1.54) is 215 Å². The van der Waals surface area contributed by atoms with Crippen LogP contribution in [0.5, 0.6) is 0 Å². The molecule has 17 rings (SSSR count). The molecule has 0 N–H and O–H groups in total. The zero-order chi connectivity index (χ0) is 73.5. The third kappa shape index (κ3) is 12.4. The molecule has 0 radical (unpaired) electrons. The highest BCUT2D eigenvalue weighted by Gasteiger charge is 2.40. The average Bonchev–Trinajstić information content (AvgIpc) is 0.694. The van der Waals surface area contributed by atoms with Gasteiger partial charge in [0, 0.05) is 45.1 Å². The van der Waals surface area contributed by atoms with Crippen molar-refractivity contribution in [2.45, 2.75) is 245 Å². The lowest BCUT2D eigenvalue weighted by molar-refractivity contribution is 0.0501. The lowest BCUT2D eigenvalue weighted by atomic mass is 9.81. The molecule has 0 fully saturated rings. The molecular weight excluding hydrogens is 1320 g/mol. The minimum atomic E-state index is -0.131. The van der Waals surface area contributed by atoms with Crippen molar-refractivity contribution >= 4 is 153 Å². The predicted octanol–water partition coefficient (Wildman–Crippen LogP) is 29.7. The largest absolute Gasteiger partial charge is 0.271 e. The molecule has 0 aliphatic carbocycles. The Morgan fingerprint density at radius 2 is 0.361 bits per heavy atom. The third-order valence-electron chi connectivity index (χ3n) is 25.9. The van der Waals surface area contributed by atoms with E-state index in [2.05, 4.69) is 173 Å². The summed E-state index contributed by atoms with van der Waals surface area (Å²) in [7, 11) is 0. The molecular formula is C102H106N2O4. The second-order valence-corrected chi connectivity index (χ2v) is 32.6. The van der Waals surface area contributed by atoms with Crippen molar-refractivity contribution in [3.63, 3.8) is 0 Å². The van der Waals surface area contributed by atoms with Gasteiger partial charge in [-0.2, -0.15) is 0 Å². The van der Waals surface area contributed by atoms with E-state index in [9.17, 15) is 0 Å². The van der Waals surface area contributed by atoms with Crippen LogP contribution in [0.25, 0.3) is 152 Å². The first-order chi connectivity index (χ1) is 53.2. The molecule has 15 aromatic rings. The summed E-state index contributed by atoms with van der Waals surface area (Å²) in [5.41, 5.74) is 7.33. The Balaban J connectivity index is 0.701. The van der Waals surface area contributed by atoms with Crippen LogP contribution in [0.15, 0.2) is 170 Å².